The number of hydrogen-bond donors (Lipinski definition) is 0. The van der Waals surface area contributed by atoms with Gasteiger partial charge in [-0.2, -0.15) is 4.98 Å². The van der Waals surface area contributed by atoms with Crippen molar-refractivity contribution in [1.82, 2.24) is 9.97 Å². The van der Waals surface area contributed by atoms with Crippen molar-refractivity contribution >= 4 is 39.0 Å². The number of fused-ring (bicyclic) bond motifs is 1. The van der Waals surface area contributed by atoms with Gasteiger partial charge < -0.3 is 14.4 Å². The Bertz CT molecular complexity index is 979. The van der Waals surface area contributed by atoms with Gasteiger partial charge in [0.1, 0.15) is 16.4 Å². The van der Waals surface area contributed by atoms with E-state index in [1.807, 2.05) is 19.1 Å². The molecule has 3 aromatic rings. The van der Waals surface area contributed by atoms with E-state index in [2.05, 4.69) is 47.8 Å². The van der Waals surface area contributed by atoms with E-state index in [4.69, 9.17) is 21.1 Å². The third kappa shape index (κ3) is 3.69. The van der Waals surface area contributed by atoms with Crippen LogP contribution < -0.4 is 9.64 Å². The Morgan fingerprint density at radius 1 is 1.18 bits per heavy atom. The van der Waals surface area contributed by atoms with E-state index in [1.54, 1.807) is 11.3 Å². The molecule has 0 aliphatic carbocycles. The van der Waals surface area contributed by atoms with Crippen molar-refractivity contribution in [1.29, 1.82) is 0 Å². The second-order valence-electron chi connectivity index (χ2n) is 7.15. The maximum absolute atomic E-state index is 6.29. The number of benzene rings is 1. The van der Waals surface area contributed by atoms with Crippen molar-refractivity contribution in [3.63, 3.8) is 0 Å². The highest BCUT2D eigenvalue weighted by atomic mass is 35.5. The van der Waals surface area contributed by atoms with E-state index in [-0.39, 0.29) is 17.5 Å². The average Bonchev–Trinajstić information content (AvgIpc) is 2.96. The van der Waals surface area contributed by atoms with Crippen molar-refractivity contribution < 1.29 is 9.47 Å². The molecule has 4 rings (SSSR count). The van der Waals surface area contributed by atoms with Crippen molar-refractivity contribution in [2.45, 2.75) is 39.9 Å². The molecular formula is C21H24ClN3O2S. The molecule has 0 radical (unpaired) electrons. The lowest BCUT2D eigenvalue weighted by atomic mass is 10.0. The number of thiophene rings is 1. The highest BCUT2D eigenvalue weighted by molar-refractivity contribution is 7.19. The lowest BCUT2D eigenvalue weighted by Gasteiger charge is -2.36. The number of hydrogen-bond acceptors (Lipinski definition) is 6. The van der Waals surface area contributed by atoms with Crippen molar-refractivity contribution in [3.05, 3.63) is 34.4 Å². The number of rotatable bonds is 4. The predicted molar refractivity (Wildman–Crippen MR) is 116 cm³/mol. The molecule has 0 N–H and O–H groups in total. The van der Waals surface area contributed by atoms with Gasteiger partial charge in [0.15, 0.2) is 0 Å². The molecule has 0 bridgehead atoms. The fourth-order valence-corrected chi connectivity index (χ4v) is 5.13. The monoisotopic (exact) mass is 417 g/mol. The minimum absolute atomic E-state index is 0.140. The summed E-state index contributed by atoms with van der Waals surface area (Å²) in [7, 11) is 0. The minimum Gasteiger partial charge on any atom is -0.494 e. The van der Waals surface area contributed by atoms with Crippen LogP contribution in [0.1, 0.15) is 25.6 Å². The van der Waals surface area contributed by atoms with E-state index in [1.165, 1.54) is 10.4 Å². The normalized spacial score (nSPS) is 20.0. The smallest absolute Gasteiger partial charge is 0.225 e. The first-order valence-electron chi connectivity index (χ1n) is 9.56. The summed E-state index contributed by atoms with van der Waals surface area (Å²) in [6.45, 7) is 10.5. The highest BCUT2D eigenvalue weighted by Gasteiger charge is 2.27. The Morgan fingerprint density at radius 2 is 1.86 bits per heavy atom. The third-order valence-electron chi connectivity index (χ3n) is 4.85. The Labute approximate surface area is 174 Å². The first kappa shape index (κ1) is 19.4. The Kier molecular flexibility index (Phi) is 5.45. The maximum Gasteiger partial charge on any atom is 0.225 e. The zero-order valence-electron chi connectivity index (χ0n) is 16.5. The fraction of sp³-hybridized carbons (Fsp3) is 0.429. The second kappa shape index (κ2) is 7.85. The van der Waals surface area contributed by atoms with Gasteiger partial charge in [-0.05, 0) is 57.0 Å². The zero-order chi connectivity index (χ0) is 19.8. The largest absolute Gasteiger partial charge is 0.494 e. The molecule has 148 valence electrons. The van der Waals surface area contributed by atoms with E-state index in [0.717, 1.165) is 40.4 Å². The summed E-state index contributed by atoms with van der Waals surface area (Å²) in [4.78, 5) is 13.6. The lowest BCUT2D eigenvalue weighted by Crippen LogP contribution is -2.46. The summed E-state index contributed by atoms with van der Waals surface area (Å²) in [6.07, 6.45) is 0.280. The quantitative estimate of drug-likeness (QED) is 0.537. The molecule has 5 nitrogen and oxygen atoms in total. The van der Waals surface area contributed by atoms with Gasteiger partial charge >= 0.3 is 0 Å². The molecule has 1 aliphatic heterocycles. The number of halogens is 1. The first-order valence-corrected chi connectivity index (χ1v) is 10.8. The molecule has 3 heterocycles. The van der Waals surface area contributed by atoms with E-state index >= 15 is 0 Å². The first-order chi connectivity index (χ1) is 13.5. The third-order valence-corrected chi connectivity index (χ3v) is 6.02. The minimum atomic E-state index is 0.140. The van der Waals surface area contributed by atoms with Gasteiger partial charge in [-0.1, -0.05) is 12.1 Å². The number of ether oxygens (including phenoxy) is 2. The van der Waals surface area contributed by atoms with Gasteiger partial charge in [0.25, 0.3) is 0 Å². The number of aryl methyl sites for hydroxylation is 1. The summed E-state index contributed by atoms with van der Waals surface area (Å²) >= 11 is 7.95. The highest BCUT2D eigenvalue weighted by Crippen LogP contribution is 2.43. The number of nitrogens with zero attached hydrogens (tertiary/aromatic N) is 3. The summed E-state index contributed by atoms with van der Waals surface area (Å²) < 4.78 is 11.5. The molecule has 1 aliphatic rings. The van der Waals surface area contributed by atoms with Crippen LogP contribution in [0.25, 0.3) is 21.3 Å². The summed E-state index contributed by atoms with van der Waals surface area (Å²) in [5, 5.41) is 1.35. The van der Waals surface area contributed by atoms with E-state index < -0.39 is 0 Å². The Morgan fingerprint density at radius 3 is 2.50 bits per heavy atom. The van der Waals surface area contributed by atoms with Crippen molar-refractivity contribution in [3.8, 4) is 16.9 Å². The van der Waals surface area contributed by atoms with Gasteiger partial charge in [-0.3, -0.25) is 0 Å². The van der Waals surface area contributed by atoms with Crippen molar-refractivity contribution in [2.24, 2.45) is 0 Å². The second-order valence-corrected chi connectivity index (χ2v) is 8.69. The molecule has 0 spiro atoms. The fourth-order valence-electron chi connectivity index (χ4n) is 3.88. The van der Waals surface area contributed by atoms with E-state index in [0.29, 0.717) is 6.61 Å². The lowest BCUT2D eigenvalue weighted by molar-refractivity contribution is -0.00537. The molecule has 1 aromatic carbocycles. The molecule has 0 amide bonds. The molecule has 28 heavy (non-hydrogen) atoms. The van der Waals surface area contributed by atoms with Gasteiger partial charge in [0.2, 0.25) is 5.28 Å². The van der Waals surface area contributed by atoms with Crippen LogP contribution in [0.3, 0.4) is 0 Å². The molecule has 1 fully saturated rings. The summed E-state index contributed by atoms with van der Waals surface area (Å²) in [6, 6.07) is 8.22. The van der Waals surface area contributed by atoms with Crippen molar-refractivity contribution in [2.75, 3.05) is 24.6 Å². The van der Waals surface area contributed by atoms with Crippen LogP contribution in [0, 0.1) is 6.92 Å². The molecule has 0 saturated carbocycles. The number of morpholine rings is 1. The van der Waals surface area contributed by atoms with Crippen LogP contribution in [0.2, 0.25) is 5.28 Å². The number of aromatic nitrogens is 2. The van der Waals surface area contributed by atoms with Gasteiger partial charge in [0.05, 0.1) is 24.2 Å². The molecule has 2 atom stereocenters. The molecule has 1 saturated heterocycles. The van der Waals surface area contributed by atoms with Crippen LogP contribution in [-0.2, 0) is 4.74 Å². The Balaban J connectivity index is 1.86. The van der Waals surface area contributed by atoms with Crippen LogP contribution >= 0.6 is 22.9 Å². The van der Waals surface area contributed by atoms with E-state index in [9.17, 15) is 0 Å². The standard InChI is InChI=1S/C21H24ClN3O2S/c1-5-26-16-8-6-15(7-9-16)17-14(4)28-20-18(17)19(23-21(22)24-20)25-10-12(2)27-13(3)11-25/h6-9,12-13H,5,10-11H2,1-4H3. The van der Waals surface area contributed by atoms with Crippen LogP contribution in [-0.4, -0.2) is 41.9 Å². The molecular weight excluding hydrogens is 394 g/mol. The Hall–Kier alpha value is -1.89. The summed E-state index contributed by atoms with van der Waals surface area (Å²) in [5.74, 6) is 1.77. The molecule has 2 unspecified atom stereocenters. The maximum atomic E-state index is 6.29. The topological polar surface area (TPSA) is 47.5 Å². The number of anilines is 1. The van der Waals surface area contributed by atoms with Crippen LogP contribution in [0.5, 0.6) is 5.75 Å². The molecule has 2 aromatic heterocycles. The SMILES string of the molecule is CCOc1ccc(-c2c(C)sc3nc(Cl)nc(N4CC(C)OC(C)C4)c23)cc1. The van der Waals surface area contributed by atoms with Crippen LogP contribution in [0.4, 0.5) is 5.82 Å². The zero-order valence-corrected chi connectivity index (χ0v) is 18.1. The summed E-state index contributed by atoms with van der Waals surface area (Å²) in [5.41, 5.74) is 2.30. The molecule has 7 heteroatoms. The van der Waals surface area contributed by atoms with Gasteiger partial charge in [-0.25, -0.2) is 4.98 Å². The van der Waals surface area contributed by atoms with Gasteiger partial charge in [0, 0.05) is 23.5 Å². The van der Waals surface area contributed by atoms with Gasteiger partial charge in [-0.15, -0.1) is 11.3 Å². The van der Waals surface area contributed by atoms with Crippen LogP contribution in [0.15, 0.2) is 24.3 Å². The predicted octanol–water partition coefficient (Wildman–Crippen LogP) is 5.33. The average molecular weight is 418 g/mol.